The van der Waals surface area contributed by atoms with E-state index >= 15 is 0 Å². The van der Waals surface area contributed by atoms with Crippen molar-refractivity contribution in [2.75, 3.05) is 13.2 Å². The Morgan fingerprint density at radius 2 is 1.90 bits per heavy atom. The molecule has 0 amide bonds. The Hall–Kier alpha value is -1.81. The van der Waals surface area contributed by atoms with Crippen LogP contribution in [-0.2, 0) is 6.54 Å². The van der Waals surface area contributed by atoms with Crippen LogP contribution in [0.4, 0.5) is 0 Å². The molecule has 0 saturated carbocycles. The first kappa shape index (κ1) is 15.6. The summed E-state index contributed by atoms with van der Waals surface area (Å²) in [5.74, 6) is 0.915. The summed E-state index contributed by atoms with van der Waals surface area (Å²) in [5.41, 5.74) is 2.45. The van der Waals surface area contributed by atoms with Crippen LogP contribution in [0.5, 0.6) is 5.75 Å². The molecule has 1 atom stereocenters. The maximum atomic E-state index is 5.52. The van der Waals surface area contributed by atoms with E-state index < -0.39 is 0 Å². The van der Waals surface area contributed by atoms with Crippen molar-refractivity contribution in [2.24, 2.45) is 0 Å². The number of nitrogens with one attached hydrogen (secondary N) is 1. The lowest BCUT2D eigenvalue weighted by Gasteiger charge is -2.20. The van der Waals surface area contributed by atoms with E-state index in [-0.39, 0.29) is 6.04 Å². The highest BCUT2D eigenvalue weighted by Gasteiger charge is 2.17. The smallest absolute Gasteiger partial charge is 0.119 e. The van der Waals surface area contributed by atoms with Crippen LogP contribution in [0, 0.1) is 0 Å². The molecule has 1 N–H and O–H groups in total. The molecule has 0 fully saturated rings. The minimum atomic E-state index is 0.166. The third kappa shape index (κ3) is 3.85. The fourth-order valence-electron chi connectivity index (χ4n) is 2.51. The number of nitrogens with zero attached hydrogens (tertiary/aromatic N) is 2. The summed E-state index contributed by atoms with van der Waals surface area (Å²) in [6.07, 6.45) is 2.96. The van der Waals surface area contributed by atoms with Gasteiger partial charge in [0, 0.05) is 12.7 Å². The summed E-state index contributed by atoms with van der Waals surface area (Å²) in [6, 6.07) is 10.6. The fourth-order valence-corrected chi connectivity index (χ4v) is 2.51. The van der Waals surface area contributed by atoms with E-state index in [0.717, 1.165) is 25.3 Å². The highest BCUT2D eigenvalue weighted by Crippen LogP contribution is 2.24. The van der Waals surface area contributed by atoms with E-state index in [1.807, 2.05) is 25.3 Å². The SMILES string of the molecule is CCCn1nccc1C(NCC)c1ccc(OCC)cc1. The average molecular weight is 287 g/mol. The maximum absolute atomic E-state index is 5.52. The summed E-state index contributed by atoms with van der Waals surface area (Å²) < 4.78 is 7.60. The molecule has 4 nitrogen and oxygen atoms in total. The van der Waals surface area contributed by atoms with Crippen LogP contribution in [0.1, 0.15) is 44.5 Å². The Kier molecular flexibility index (Phi) is 5.81. The van der Waals surface area contributed by atoms with Gasteiger partial charge in [0.05, 0.1) is 18.3 Å². The zero-order valence-electron chi connectivity index (χ0n) is 13.2. The standard InChI is InChI=1S/C17H25N3O/c1-4-13-20-16(11-12-19-20)17(18-5-2)14-7-9-15(10-8-14)21-6-3/h7-12,17-18H,4-6,13H2,1-3H3. The molecule has 21 heavy (non-hydrogen) atoms. The molecule has 0 radical (unpaired) electrons. The molecule has 0 aliphatic heterocycles. The summed E-state index contributed by atoms with van der Waals surface area (Å²) >= 11 is 0. The van der Waals surface area contributed by atoms with E-state index in [9.17, 15) is 0 Å². The second-order valence-corrected chi connectivity index (χ2v) is 4.97. The van der Waals surface area contributed by atoms with Gasteiger partial charge < -0.3 is 10.1 Å². The van der Waals surface area contributed by atoms with Gasteiger partial charge in [0.2, 0.25) is 0 Å². The quantitative estimate of drug-likeness (QED) is 0.809. The Morgan fingerprint density at radius 1 is 1.14 bits per heavy atom. The van der Waals surface area contributed by atoms with Gasteiger partial charge in [-0.2, -0.15) is 5.10 Å². The van der Waals surface area contributed by atoms with Crippen molar-refractivity contribution in [3.8, 4) is 5.75 Å². The number of rotatable bonds is 8. The number of hydrogen-bond acceptors (Lipinski definition) is 3. The van der Waals surface area contributed by atoms with Crippen molar-refractivity contribution in [1.29, 1.82) is 0 Å². The van der Waals surface area contributed by atoms with Crippen molar-refractivity contribution in [1.82, 2.24) is 15.1 Å². The Balaban J connectivity index is 2.27. The molecule has 0 bridgehead atoms. The molecule has 114 valence electrons. The second kappa shape index (κ2) is 7.84. The molecular weight excluding hydrogens is 262 g/mol. The van der Waals surface area contributed by atoms with Crippen LogP contribution in [0.3, 0.4) is 0 Å². The van der Waals surface area contributed by atoms with Crippen LogP contribution in [0.15, 0.2) is 36.5 Å². The Bertz CT molecular complexity index is 533. The van der Waals surface area contributed by atoms with Crippen LogP contribution in [0.2, 0.25) is 0 Å². The Morgan fingerprint density at radius 3 is 2.52 bits per heavy atom. The van der Waals surface area contributed by atoms with Crippen LogP contribution >= 0.6 is 0 Å². The van der Waals surface area contributed by atoms with Gasteiger partial charge in [-0.15, -0.1) is 0 Å². The van der Waals surface area contributed by atoms with E-state index in [1.54, 1.807) is 0 Å². The summed E-state index contributed by atoms with van der Waals surface area (Å²) in [6.45, 7) is 8.85. The first-order valence-electron chi connectivity index (χ1n) is 7.78. The van der Waals surface area contributed by atoms with Gasteiger partial charge in [-0.3, -0.25) is 4.68 Å². The second-order valence-electron chi connectivity index (χ2n) is 4.97. The highest BCUT2D eigenvalue weighted by atomic mass is 16.5. The zero-order valence-corrected chi connectivity index (χ0v) is 13.2. The van der Waals surface area contributed by atoms with Crippen molar-refractivity contribution in [3.05, 3.63) is 47.8 Å². The van der Waals surface area contributed by atoms with Gasteiger partial charge >= 0.3 is 0 Å². The lowest BCUT2D eigenvalue weighted by molar-refractivity contribution is 0.340. The Labute approximate surface area is 127 Å². The van der Waals surface area contributed by atoms with Crippen molar-refractivity contribution in [2.45, 2.75) is 39.8 Å². The maximum Gasteiger partial charge on any atom is 0.119 e. The average Bonchev–Trinajstić information content (AvgIpc) is 2.95. The number of aryl methyl sites for hydroxylation is 1. The fraction of sp³-hybridized carbons (Fsp3) is 0.471. The molecule has 1 aromatic heterocycles. The monoisotopic (exact) mass is 287 g/mol. The molecule has 1 aromatic carbocycles. The normalized spacial score (nSPS) is 12.3. The van der Waals surface area contributed by atoms with Crippen LogP contribution in [0.25, 0.3) is 0 Å². The minimum absolute atomic E-state index is 0.166. The molecule has 4 heteroatoms. The van der Waals surface area contributed by atoms with Gasteiger partial charge in [-0.05, 0) is 43.7 Å². The predicted octanol–water partition coefficient (Wildman–Crippen LogP) is 3.39. The summed E-state index contributed by atoms with van der Waals surface area (Å²) in [5, 5.41) is 7.98. The lowest BCUT2D eigenvalue weighted by atomic mass is 10.0. The van der Waals surface area contributed by atoms with E-state index in [0.29, 0.717) is 6.61 Å². The van der Waals surface area contributed by atoms with Crippen molar-refractivity contribution < 1.29 is 4.74 Å². The molecule has 0 spiro atoms. The largest absolute Gasteiger partial charge is 0.494 e. The van der Waals surface area contributed by atoms with Crippen LogP contribution in [-0.4, -0.2) is 22.9 Å². The first-order valence-corrected chi connectivity index (χ1v) is 7.78. The molecule has 1 heterocycles. The number of benzene rings is 1. The summed E-state index contributed by atoms with van der Waals surface area (Å²) in [4.78, 5) is 0. The van der Waals surface area contributed by atoms with Gasteiger partial charge in [0.15, 0.2) is 0 Å². The van der Waals surface area contributed by atoms with Crippen molar-refractivity contribution >= 4 is 0 Å². The number of ether oxygens (including phenoxy) is 1. The lowest BCUT2D eigenvalue weighted by Crippen LogP contribution is -2.25. The number of hydrogen-bond donors (Lipinski definition) is 1. The topological polar surface area (TPSA) is 39.1 Å². The third-order valence-corrected chi connectivity index (χ3v) is 3.41. The highest BCUT2D eigenvalue weighted by molar-refractivity contribution is 5.33. The summed E-state index contributed by atoms with van der Waals surface area (Å²) in [7, 11) is 0. The van der Waals surface area contributed by atoms with Gasteiger partial charge in [0.25, 0.3) is 0 Å². The predicted molar refractivity (Wildman–Crippen MR) is 85.6 cm³/mol. The van der Waals surface area contributed by atoms with E-state index in [4.69, 9.17) is 4.74 Å². The van der Waals surface area contributed by atoms with Gasteiger partial charge in [-0.25, -0.2) is 0 Å². The molecule has 2 rings (SSSR count). The first-order chi connectivity index (χ1) is 10.3. The molecule has 0 saturated heterocycles. The molecule has 2 aromatic rings. The number of aromatic nitrogens is 2. The molecular formula is C17H25N3O. The third-order valence-electron chi connectivity index (χ3n) is 3.41. The molecule has 0 aliphatic rings. The van der Waals surface area contributed by atoms with Gasteiger partial charge in [0.1, 0.15) is 5.75 Å². The van der Waals surface area contributed by atoms with Gasteiger partial charge in [-0.1, -0.05) is 26.0 Å². The zero-order chi connectivity index (χ0) is 15.1. The van der Waals surface area contributed by atoms with E-state index in [1.165, 1.54) is 11.3 Å². The van der Waals surface area contributed by atoms with Crippen molar-refractivity contribution in [3.63, 3.8) is 0 Å². The van der Waals surface area contributed by atoms with Crippen LogP contribution < -0.4 is 10.1 Å². The minimum Gasteiger partial charge on any atom is -0.494 e. The van der Waals surface area contributed by atoms with E-state index in [2.05, 4.69) is 47.1 Å². The molecule has 1 unspecified atom stereocenters. The molecule has 0 aliphatic carbocycles.